The van der Waals surface area contributed by atoms with Crippen LogP contribution in [-0.4, -0.2) is 23.8 Å². The van der Waals surface area contributed by atoms with Crippen LogP contribution in [0.4, 0.5) is 10.8 Å². The van der Waals surface area contributed by atoms with E-state index in [0.29, 0.717) is 17.8 Å². The Morgan fingerprint density at radius 2 is 2.14 bits per heavy atom. The first kappa shape index (κ1) is 15.0. The van der Waals surface area contributed by atoms with Gasteiger partial charge in [-0.3, -0.25) is 9.59 Å². The van der Waals surface area contributed by atoms with Crippen LogP contribution in [0.1, 0.15) is 23.0 Å². The number of anilines is 2. The molecule has 0 bridgehead atoms. The lowest BCUT2D eigenvalue weighted by molar-refractivity contribution is -0.114. The van der Waals surface area contributed by atoms with Crippen molar-refractivity contribution in [3.8, 4) is 0 Å². The number of thiazole rings is 1. The summed E-state index contributed by atoms with van der Waals surface area (Å²) in [4.78, 5) is 27.4. The van der Waals surface area contributed by atoms with Gasteiger partial charge in [-0.1, -0.05) is 6.07 Å². The Morgan fingerprint density at radius 1 is 1.33 bits per heavy atom. The number of aromatic nitrogens is 1. The van der Waals surface area contributed by atoms with Gasteiger partial charge < -0.3 is 16.0 Å². The lowest BCUT2D eigenvalue weighted by Crippen LogP contribution is -2.23. The topological polar surface area (TPSA) is 83.1 Å². The van der Waals surface area contributed by atoms with Crippen molar-refractivity contribution in [3.63, 3.8) is 0 Å². The molecule has 0 radical (unpaired) electrons. The second kappa shape index (κ2) is 6.85. The summed E-state index contributed by atoms with van der Waals surface area (Å²) in [5.74, 6) is -0.379. The first-order valence-corrected chi connectivity index (χ1v) is 7.24. The van der Waals surface area contributed by atoms with E-state index in [4.69, 9.17) is 0 Å². The van der Waals surface area contributed by atoms with E-state index in [0.717, 1.165) is 10.8 Å². The van der Waals surface area contributed by atoms with Crippen molar-refractivity contribution >= 4 is 34.0 Å². The van der Waals surface area contributed by atoms with Crippen molar-refractivity contribution in [3.05, 3.63) is 40.9 Å². The largest absolute Gasteiger partial charge is 0.365 e. The molecule has 7 heteroatoms. The number of benzene rings is 1. The first-order valence-electron chi connectivity index (χ1n) is 6.36. The molecule has 0 aliphatic carbocycles. The highest BCUT2D eigenvalue weighted by Crippen LogP contribution is 2.14. The van der Waals surface area contributed by atoms with Gasteiger partial charge in [-0.05, 0) is 18.2 Å². The molecule has 3 N–H and O–H groups in total. The van der Waals surface area contributed by atoms with Crippen LogP contribution in [0.2, 0.25) is 0 Å². The van der Waals surface area contributed by atoms with Crippen molar-refractivity contribution in [1.82, 2.24) is 10.3 Å². The molecular formula is C14H16N4O2S. The summed E-state index contributed by atoms with van der Waals surface area (Å²) in [6.45, 7) is 1.79. The minimum absolute atomic E-state index is 0.172. The summed E-state index contributed by atoms with van der Waals surface area (Å²) >= 11 is 1.49. The maximum Gasteiger partial charge on any atom is 0.251 e. The predicted octanol–water partition coefficient (Wildman–Crippen LogP) is 2.07. The monoisotopic (exact) mass is 304 g/mol. The van der Waals surface area contributed by atoms with Crippen LogP contribution in [0.25, 0.3) is 0 Å². The molecule has 1 aromatic heterocycles. The second-order valence-electron chi connectivity index (χ2n) is 4.34. The Kier molecular flexibility index (Phi) is 4.89. The molecule has 110 valence electrons. The molecule has 2 amide bonds. The molecule has 0 fully saturated rings. The van der Waals surface area contributed by atoms with Crippen molar-refractivity contribution in [2.24, 2.45) is 0 Å². The van der Waals surface area contributed by atoms with E-state index in [1.807, 2.05) is 5.38 Å². The van der Waals surface area contributed by atoms with Crippen LogP contribution in [0.3, 0.4) is 0 Å². The summed E-state index contributed by atoms with van der Waals surface area (Å²) in [7, 11) is 1.80. The first-order chi connectivity index (χ1) is 10.1. The number of carbonyl (C=O) groups is 2. The fourth-order valence-electron chi connectivity index (χ4n) is 1.72. The van der Waals surface area contributed by atoms with Gasteiger partial charge in [0.15, 0.2) is 5.13 Å². The van der Waals surface area contributed by atoms with Crippen LogP contribution >= 0.6 is 11.3 Å². The third kappa shape index (κ3) is 4.28. The van der Waals surface area contributed by atoms with Gasteiger partial charge in [-0.25, -0.2) is 4.98 Å². The van der Waals surface area contributed by atoms with Crippen LogP contribution in [0, 0.1) is 0 Å². The van der Waals surface area contributed by atoms with Crippen LogP contribution in [-0.2, 0) is 11.3 Å². The molecule has 1 heterocycles. The fraction of sp³-hybridized carbons (Fsp3) is 0.214. The van der Waals surface area contributed by atoms with Crippen molar-refractivity contribution < 1.29 is 9.59 Å². The van der Waals surface area contributed by atoms with E-state index in [1.165, 1.54) is 18.3 Å². The Labute approximate surface area is 126 Å². The third-order valence-electron chi connectivity index (χ3n) is 2.64. The van der Waals surface area contributed by atoms with Gasteiger partial charge in [0, 0.05) is 30.6 Å². The number of nitrogens with one attached hydrogen (secondary N) is 3. The molecule has 21 heavy (non-hydrogen) atoms. The van der Waals surface area contributed by atoms with Crippen molar-refractivity contribution in [2.75, 3.05) is 17.7 Å². The fourth-order valence-corrected chi connectivity index (χ4v) is 2.39. The van der Waals surface area contributed by atoms with Gasteiger partial charge in [-0.15, -0.1) is 11.3 Å². The van der Waals surface area contributed by atoms with Crippen LogP contribution in [0.15, 0.2) is 29.6 Å². The zero-order valence-electron chi connectivity index (χ0n) is 11.8. The molecule has 0 unspecified atom stereocenters. The van der Waals surface area contributed by atoms with Gasteiger partial charge >= 0.3 is 0 Å². The Bertz CT molecular complexity index is 654. The van der Waals surface area contributed by atoms with E-state index >= 15 is 0 Å². The Balaban J connectivity index is 1.98. The number of hydrogen-bond acceptors (Lipinski definition) is 5. The molecule has 0 saturated heterocycles. The lowest BCUT2D eigenvalue weighted by atomic mass is 10.2. The SMILES string of the molecule is CNc1nc(CNC(=O)c2cccc(NC(C)=O)c2)cs1. The van der Waals surface area contributed by atoms with E-state index in [1.54, 1.807) is 31.3 Å². The maximum atomic E-state index is 12.1. The molecule has 0 aliphatic heterocycles. The average molecular weight is 304 g/mol. The van der Waals surface area contributed by atoms with Gasteiger partial charge in [0.2, 0.25) is 5.91 Å². The highest BCUT2D eigenvalue weighted by atomic mass is 32.1. The molecule has 0 spiro atoms. The predicted molar refractivity (Wildman–Crippen MR) is 83.6 cm³/mol. The van der Waals surface area contributed by atoms with Crippen LogP contribution in [0.5, 0.6) is 0 Å². The van der Waals surface area contributed by atoms with E-state index in [2.05, 4.69) is 20.9 Å². The number of nitrogens with zero attached hydrogens (tertiary/aromatic N) is 1. The Morgan fingerprint density at radius 3 is 2.81 bits per heavy atom. The number of rotatable bonds is 5. The molecule has 1 aromatic carbocycles. The molecule has 0 aliphatic rings. The van der Waals surface area contributed by atoms with Crippen molar-refractivity contribution in [2.45, 2.75) is 13.5 Å². The average Bonchev–Trinajstić information content (AvgIpc) is 2.92. The van der Waals surface area contributed by atoms with Gasteiger partial charge in [-0.2, -0.15) is 0 Å². The molecule has 2 rings (SSSR count). The quantitative estimate of drug-likeness (QED) is 0.789. The number of carbonyl (C=O) groups excluding carboxylic acids is 2. The Hall–Kier alpha value is -2.41. The summed E-state index contributed by atoms with van der Waals surface area (Å²) in [5, 5.41) is 11.1. The zero-order chi connectivity index (χ0) is 15.2. The summed E-state index contributed by atoms with van der Waals surface area (Å²) in [5.41, 5.74) is 1.89. The standard InChI is InChI=1S/C14H16N4O2S/c1-9(19)17-11-5-3-4-10(6-11)13(20)16-7-12-8-21-14(15-2)18-12/h3-6,8H,7H2,1-2H3,(H,15,18)(H,16,20)(H,17,19). The van der Waals surface area contributed by atoms with Crippen LogP contribution < -0.4 is 16.0 Å². The van der Waals surface area contributed by atoms with Gasteiger partial charge in [0.1, 0.15) is 0 Å². The highest BCUT2D eigenvalue weighted by molar-refractivity contribution is 7.13. The molecule has 2 aromatic rings. The molecule has 0 atom stereocenters. The summed E-state index contributed by atoms with van der Waals surface area (Å²) in [6.07, 6.45) is 0. The minimum atomic E-state index is -0.207. The van der Waals surface area contributed by atoms with E-state index in [-0.39, 0.29) is 11.8 Å². The smallest absolute Gasteiger partial charge is 0.251 e. The zero-order valence-corrected chi connectivity index (χ0v) is 12.6. The van der Waals surface area contributed by atoms with Gasteiger partial charge in [0.05, 0.1) is 12.2 Å². The second-order valence-corrected chi connectivity index (χ2v) is 5.20. The summed E-state index contributed by atoms with van der Waals surface area (Å²) < 4.78 is 0. The van der Waals surface area contributed by atoms with E-state index < -0.39 is 0 Å². The van der Waals surface area contributed by atoms with Crippen molar-refractivity contribution in [1.29, 1.82) is 0 Å². The maximum absolute atomic E-state index is 12.1. The third-order valence-corrected chi connectivity index (χ3v) is 3.55. The minimum Gasteiger partial charge on any atom is -0.365 e. The molecule has 6 nitrogen and oxygen atoms in total. The number of hydrogen-bond donors (Lipinski definition) is 3. The number of amides is 2. The van der Waals surface area contributed by atoms with E-state index in [9.17, 15) is 9.59 Å². The molecular weight excluding hydrogens is 288 g/mol. The van der Waals surface area contributed by atoms with Gasteiger partial charge in [0.25, 0.3) is 5.91 Å². The highest BCUT2D eigenvalue weighted by Gasteiger charge is 2.08. The molecule has 0 saturated carbocycles. The summed E-state index contributed by atoms with van der Waals surface area (Å²) in [6, 6.07) is 6.79. The lowest BCUT2D eigenvalue weighted by Gasteiger charge is -2.06. The normalized spacial score (nSPS) is 10.0.